The minimum absolute atomic E-state index is 0.00139. The van der Waals surface area contributed by atoms with Gasteiger partial charge in [0.2, 0.25) is 17.7 Å². The van der Waals surface area contributed by atoms with Crippen molar-refractivity contribution >= 4 is 29.8 Å². The minimum atomic E-state index is -1.22. The van der Waals surface area contributed by atoms with Gasteiger partial charge in [0.1, 0.15) is 37.4 Å². The van der Waals surface area contributed by atoms with Crippen LogP contribution in [0.5, 0.6) is 0 Å². The number of carbonyl (C=O) groups excluding carboxylic acids is 5. The summed E-state index contributed by atoms with van der Waals surface area (Å²) in [7, 11) is 1.72. The first-order valence-corrected chi connectivity index (χ1v) is 14.0. The summed E-state index contributed by atoms with van der Waals surface area (Å²) in [5, 5.41) is 5.33. The van der Waals surface area contributed by atoms with E-state index in [0.29, 0.717) is 44.5 Å². The number of likely N-dealkylation sites (N-methyl/N-ethyl adjacent to an activating group) is 1. The maximum absolute atomic E-state index is 13.8. The van der Waals surface area contributed by atoms with Crippen molar-refractivity contribution in [3.8, 4) is 0 Å². The highest BCUT2D eigenvalue weighted by molar-refractivity contribution is 5.92. The summed E-state index contributed by atoms with van der Waals surface area (Å²) < 4.78 is 10.9. The standard InChI is InChI=1S/C29H39N5O7/c1-18-26(36)34-15-9-13-24(34)28(38)40-17-22(31-29(39)41-16-21-10-6-5-7-11-21)27(37)33-14-8-12-23(33)19(2)32(4)20(3)25(35)30-18/h5-7,10-11,18,20,22-24H,2,8-9,12-17H2,1,3-4H3,(H,30,35)(H,31,39)/t18-,20-,22-,23-,24-/m0/s1. The van der Waals surface area contributed by atoms with Gasteiger partial charge in [-0.3, -0.25) is 14.4 Å². The van der Waals surface area contributed by atoms with Gasteiger partial charge in [0.15, 0.2) is 0 Å². The number of alkyl carbamates (subject to hydrolysis) is 1. The number of carbonyl (C=O) groups is 5. The Balaban J connectivity index is 1.58. The summed E-state index contributed by atoms with van der Waals surface area (Å²) >= 11 is 0. The van der Waals surface area contributed by atoms with Gasteiger partial charge in [-0.2, -0.15) is 0 Å². The predicted molar refractivity (Wildman–Crippen MR) is 148 cm³/mol. The van der Waals surface area contributed by atoms with Gasteiger partial charge < -0.3 is 34.8 Å². The van der Waals surface area contributed by atoms with E-state index >= 15 is 0 Å². The van der Waals surface area contributed by atoms with E-state index in [9.17, 15) is 24.0 Å². The molecule has 3 aliphatic rings. The number of amides is 4. The van der Waals surface area contributed by atoms with Crippen molar-refractivity contribution in [2.45, 2.75) is 76.3 Å². The smallest absolute Gasteiger partial charge is 0.408 e. The summed E-state index contributed by atoms with van der Waals surface area (Å²) in [6.07, 6.45) is 1.45. The van der Waals surface area contributed by atoms with Gasteiger partial charge in [0, 0.05) is 25.8 Å². The van der Waals surface area contributed by atoms with Crippen LogP contribution in [0.1, 0.15) is 45.1 Å². The average molecular weight is 570 g/mol. The van der Waals surface area contributed by atoms with E-state index in [2.05, 4.69) is 17.2 Å². The van der Waals surface area contributed by atoms with Gasteiger partial charge >= 0.3 is 12.1 Å². The van der Waals surface area contributed by atoms with Crippen LogP contribution in [0, 0.1) is 0 Å². The Kier molecular flexibility index (Phi) is 9.51. The van der Waals surface area contributed by atoms with E-state index in [1.165, 1.54) is 4.90 Å². The van der Waals surface area contributed by atoms with Crippen LogP contribution in [0.4, 0.5) is 4.79 Å². The molecule has 3 heterocycles. The first-order chi connectivity index (χ1) is 19.6. The van der Waals surface area contributed by atoms with Crippen LogP contribution in [0.3, 0.4) is 0 Å². The first-order valence-electron chi connectivity index (χ1n) is 14.0. The molecule has 0 saturated carbocycles. The van der Waals surface area contributed by atoms with Crippen molar-refractivity contribution in [2.75, 3.05) is 26.7 Å². The number of hydrogen-bond donors (Lipinski definition) is 2. The molecule has 3 aliphatic heterocycles. The first kappa shape index (κ1) is 29.9. The third kappa shape index (κ3) is 6.80. The van der Waals surface area contributed by atoms with Crippen LogP contribution in [-0.2, 0) is 35.3 Å². The van der Waals surface area contributed by atoms with Gasteiger partial charge in [-0.1, -0.05) is 36.9 Å². The lowest BCUT2D eigenvalue weighted by Gasteiger charge is -2.37. The Morgan fingerprint density at radius 1 is 1.02 bits per heavy atom. The van der Waals surface area contributed by atoms with E-state index in [4.69, 9.17) is 9.47 Å². The van der Waals surface area contributed by atoms with Gasteiger partial charge in [-0.15, -0.1) is 0 Å². The molecule has 4 amide bonds. The van der Waals surface area contributed by atoms with Gasteiger partial charge in [0.25, 0.3) is 0 Å². The SMILES string of the molecule is C=C1[C@@H]2CCCN2C(=O)[C@@H](NC(=O)OCc2ccccc2)COC(=O)[C@@H]2CCCN2C(=O)[C@H](C)NC(=O)[C@H](C)N1C. The number of fused-ring (bicyclic) bond motifs is 2. The summed E-state index contributed by atoms with van der Waals surface area (Å²) in [6.45, 7) is 7.79. The monoisotopic (exact) mass is 569 g/mol. The van der Waals surface area contributed by atoms with Crippen molar-refractivity contribution in [3.05, 3.63) is 48.2 Å². The zero-order chi connectivity index (χ0) is 29.7. The average Bonchev–Trinajstić information content (AvgIpc) is 3.66. The summed E-state index contributed by atoms with van der Waals surface area (Å²) in [5.74, 6) is -1.90. The van der Waals surface area contributed by atoms with Gasteiger partial charge in [-0.25, -0.2) is 9.59 Å². The number of nitrogens with zero attached hydrogens (tertiary/aromatic N) is 3. The second-order valence-corrected chi connectivity index (χ2v) is 10.8. The molecule has 3 saturated heterocycles. The fourth-order valence-electron chi connectivity index (χ4n) is 5.50. The predicted octanol–water partition coefficient (Wildman–Crippen LogP) is 1.16. The fourth-order valence-corrected chi connectivity index (χ4v) is 5.50. The van der Waals surface area contributed by atoms with E-state index in [1.54, 1.807) is 42.8 Å². The third-order valence-electron chi connectivity index (χ3n) is 8.07. The number of nitrogens with one attached hydrogen (secondary N) is 2. The molecule has 0 unspecified atom stereocenters. The summed E-state index contributed by atoms with van der Waals surface area (Å²) in [5.41, 5.74) is 1.32. The Morgan fingerprint density at radius 2 is 1.66 bits per heavy atom. The molecule has 0 radical (unpaired) electrons. The molecule has 0 bridgehead atoms. The number of benzene rings is 1. The second-order valence-electron chi connectivity index (χ2n) is 10.8. The lowest BCUT2D eigenvalue weighted by Crippen LogP contribution is -2.57. The van der Waals surface area contributed by atoms with E-state index < -0.39 is 60.7 Å². The molecule has 12 heteroatoms. The van der Waals surface area contributed by atoms with Crippen LogP contribution in [-0.4, -0.2) is 101 Å². The Morgan fingerprint density at radius 3 is 2.34 bits per heavy atom. The highest BCUT2D eigenvalue weighted by Gasteiger charge is 2.41. The molecule has 3 fully saturated rings. The van der Waals surface area contributed by atoms with Crippen molar-refractivity contribution in [2.24, 2.45) is 0 Å². The van der Waals surface area contributed by atoms with Gasteiger partial charge in [0.05, 0.1) is 6.04 Å². The fraction of sp³-hybridized carbons (Fsp3) is 0.552. The molecule has 0 aromatic heterocycles. The molecule has 2 N–H and O–H groups in total. The maximum atomic E-state index is 13.8. The van der Waals surface area contributed by atoms with Crippen molar-refractivity contribution < 1.29 is 33.4 Å². The quantitative estimate of drug-likeness (QED) is 0.518. The van der Waals surface area contributed by atoms with E-state index in [-0.39, 0.29) is 12.5 Å². The lowest BCUT2D eigenvalue weighted by molar-refractivity contribution is -0.156. The molecular weight excluding hydrogens is 530 g/mol. The van der Waals surface area contributed by atoms with Crippen LogP contribution in [0.2, 0.25) is 0 Å². The number of rotatable bonds is 3. The van der Waals surface area contributed by atoms with Crippen molar-refractivity contribution in [1.29, 1.82) is 0 Å². The lowest BCUT2D eigenvalue weighted by atomic mass is 10.1. The van der Waals surface area contributed by atoms with E-state index in [1.807, 2.05) is 18.2 Å². The number of hydrogen-bond acceptors (Lipinski definition) is 8. The molecule has 222 valence electrons. The van der Waals surface area contributed by atoms with Crippen LogP contribution < -0.4 is 10.6 Å². The highest BCUT2D eigenvalue weighted by Crippen LogP contribution is 2.27. The maximum Gasteiger partial charge on any atom is 0.408 e. The number of ether oxygens (including phenoxy) is 2. The zero-order valence-electron chi connectivity index (χ0n) is 23.8. The van der Waals surface area contributed by atoms with Crippen LogP contribution in [0.25, 0.3) is 0 Å². The minimum Gasteiger partial charge on any atom is -0.461 e. The van der Waals surface area contributed by atoms with Crippen molar-refractivity contribution in [3.63, 3.8) is 0 Å². The number of esters is 1. The van der Waals surface area contributed by atoms with Crippen molar-refractivity contribution in [1.82, 2.24) is 25.3 Å². The molecule has 5 atom stereocenters. The molecular formula is C29H39N5O7. The second kappa shape index (κ2) is 13.0. The Bertz CT molecular complexity index is 1180. The topological polar surface area (TPSA) is 138 Å². The molecule has 1 aromatic rings. The number of cyclic esters (lactones) is 1. The normalized spacial score (nSPS) is 28.1. The molecule has 0 aliphatic carbocycles. The third-order valence-corrected chi connectivity index (χ3v) is 8.07. The zero-order valence-corrected chi connectivity index (χ0v) is 23.8. The molecule has 4 rings (SSSR count). The molecule has 12 nitrogen and oxygen atoms in total. The largest absolute Gasteiger partial charge is 0.461 e. The molecule has 41 heavy (non-hydrogen) atoms. The molecule has 0 spiro atoms. The van der Waals surface area contributed by atoms with E-state index in [0.717, 1.165) is 5.56 Å². The summed E-state index contributed by atoms with van der Waals surface area (Å²) in [4.78, 5) is 70.7. The Hall–Kier alpha value is -4.09. The van der Waals surface area contributed by atoms with Crippen LogP contribution in [0.15, 0.2) is 42.6 Å². The summed E-state index contributed by atoms with van der Waals surface area (Å²) in [6, 6.07) is 5.06. The van der Waals surface area contributed by atoms with Crippen LogP contribution >= 0.6 is 0 Å². The Labute approximate surface area is 240 Å². The molecule has 1 aromatic carbocycles. The highest BCUT2D eigenvalue weighted by atomic mass is 16.6. The van der Waals surface area contributed by atoms with Gasteiger partial charge in [-0.05, 0) is 45.1 Å².